The van der Waals surface area contributed by atoms with Crippen molar-refractivity contribution in [1.29, 1.82) is 0 Å². The van der Waals surface area contributed by atoms with E-state index in [4.69, 9.17) is 5.73 Å². The largest absolute Gasteiger partial charge is 0.369 e. The van der Waals surface area contributed by atoms with Crippen LogP contribution >= 0.6 is 11.8 Å². The maximum absolute atomic E-state index is 12.4. The summed E-state index contributed by atoms with van der Waals surface area (Å²) >= 11 is 1.70. The van der Waals surface area contributed by atoms with Crippen LogP contribution in [0.1, 0.15) is 18.4 Å². The first-order valence-electron chi connectivity index (χ1n) is 7.88. The molecule has 0 bridgehead atoms. The number of rotatable bonds is 6. The van der Waals surface area contributed by atoms with Gasteiger partial charge in [0, 0.05) is 24.4 Å². The smallest absolute Gasteiger partial charge is 0.236 e. The van der Waals surface area contributed by atoms with Crippen molar-refractivity contribution in [1.82, 2.24) is 9.80 Å². The lowest BCUT2D eigenvalue weighted by atomic mass is 9.96. The maximum Gasteiger partial charge on any atom is 0.236 e. The molecular weight excluding hydrogens is 310 g/mol. The fraction of sp³-hybridized carbons (Fsp3) is 0.529. The summed E-state index contributed by atoms with van der Waals surface area (Å²) in [5, 5.41) is 0. The zero-order valence-electron chi connectivity index (χ0n) is 13.8. The number of nitrogens with two attached hydrogens (primary N) is 1. The Balaban J connectivity index is 1.82. The predicted octanol–water partition coefficient (Wildman–Crippen LogP) is 1.56. The zero-order chi connectivity index (χ0) is 16.8. The van der Waals surface area contributed by atoms with E-state index >= 15 is 0 Å². The molecule has 0 saturated carbocycles. The van der Waals surface area contributed by atoms with Crippen molar-refractivity contribution in [2.75, 3.05) is 32.9 Å². The molecule has 6 heteroatoms. The van der Waals surface area contributed by atoms with Crippen LogP contribution in [0.25, 0.3) is 0 Å². The van der Waals surface area contributed by atoms with Crippen molar-refractivity contribution in [3.63, 3.8) is 0 Å². The fourth-order valence-corrected chi connectivity index (χ4v) is 3.30. The van der Waals surface area contributed by atoms with Gasteiger partial charge in [-0.25, -0.2) is 0 Å². The summed E-state index contributed by atoms with van der Waals surface area (Å²) < 4.78 is 0. The predicted molar refractivity (Wildman–Crippen MR) is 93.1 cm³/mol. The molecule has 0 unspecified atom stereocenters. The van der Waals surface area contributed by atoms with E-state index in [0.29, 0.717) is 13.1 Å². The number of carbonyl (C=O) groups is 2. The summed E-state index contributed by atoms with van der Waals surface area (Å²) in [6, 6.07) is 8.25. The van der Waals surface area contributed by atoms with Crippen molar-refractivity contribution in [2.45, 2.75) is 24.3 Å². The van der Waals surface area contributed by atoms with E-state index in [1.54, 1.807) is 16.7 Å². The third-order valence-corrected chi connectivity index (χ3v) is 5.05. The lowest BCUT2D eigenvalue weighted by Gasteiger charge is -2.31. The van der Waals surface area contributed by atoms with Gasteiger partial charge in [0.2, 0.25) is 11.8 Å². The second kappa shape index (κ2) is 8.36. The molecule has 126 valence electrons. The Labute approximate surface area is 142 Å². The first-order valence-corrected chi connectivity index (χ1v) is 9.10. The van der Waals surface area contributed by atoms with Gasteiger partial charge in [0.05, 0.1) is 6.54 Å². The molecule has 1 aromatic carbocycles. The number of hydrogen-bond donors (Lipinski definition) is 1. The van der Waals surface area contributed by atoms with Crippen LogP contribution in [-0.2, 0) is 16.1 Å². The van der Waals surface area contributed by atoms with Gasteiger partial charge in [-0.15, -0.1) is 11.8 Å². The first-order chi connectivity index (χ1) is 11.0. The molecule has 0 aliphatic carbocycles. The summed E-state index contributed by atoms with van der Waals surface area (Å²) in [5.74, 6) is -0.146. The Bertz CT molecular complexity index is 557. The molecule has 1 fully saturated rings. The maximum atomic E-state index is 12.4. The minimum absolute atomic E-state index is 0.0339. The van der Waals surface area contributed by atoms with Gasteiger partial charge in [-0.2, -0.15) is 0 Å². The van der Waals surface area contributed by atoms with Gasteiger partial charge in [0.15, 0.2) is 0 Å². The number of thioether (sulfide) groups is 1. The van der Waals surface area contributed by atoms with Crippen molar-refractivity contribution in [3.05, 3.63) is 29.8 Å². The number of likely N-dealkylation sites (N-methyl/N-ethyl adjacent to an activating group) is 1. The van der Waals surface area contributed by atoms with Crippen molar-refractivity contribution >= 4 is 23.6 Å². The van der Waals surface area contributed by atoms with Gasteiger partial charge in [0.25, 0.3) is 0 Å². The highest BCUT2D eigenvalue weighted by Gasteiger charge is 2.24. The fourth-order valence-electron chi connectivity index (χ4n) is 2.82. The van der Waals surface area contributed by atoms with E-state index in [0.717, 1.165) is 31.5 Å². The van der Waals surface area contributed by atoms with Gasteiger partial charge < -0.3 is 10.6 Å². The molecule has 1 heterocycles. The van der Waals surface area contributed by atoms with Gasteiger partial charge >= 0.3 is 0 Å². The molecule has 0 atom stereocenters. The van der Waals surface area contributed by atoms with Gasteiger partial charge in [-0.1, -0.05) is 12.1 Å². The third kappa shape index (κ3) is 5.25. The molecule has 2 amide bonds. The monoisotopic (exact) mass is 335 g/mol. The molecule has 1 aliphatic rings. The zero-order valence-corrected chi connectivity index (χ0v) is 14.6. The number of amides is 2. The van der Waals surface area contributed by atoms with E-state index in [1.807, 2.05) is 25.4 Å². The van der Waals surface area contributed by atoms with E-state index in [1.165, 1.54) is 4.90 Å². The van der Waals surface area contributed by atoms with Gasteiger partial charge in [-0.3, -0.25) is 14.5 Å². The molecule has 0 aromatic heterocycles. The van der Waals surface area contributed by atoms with Crippen molar-refractivity contribution in [2.24, 2.45) is 11.7 Å². The quantitative estimate of drug-likeness (QED) is 0.801. The Morgan fingerprint density at radius 1 is 1.35 bits per heavy atom. The molecule has 2 rings (SSSR count). The Morgan fingerprint density at radius 2 is 2.04 bits per heavy atom. The van der Waals surface area contributed by atoms with Crippen LogP contribution in [0.5, 0.6) is 0 Å². The number of likely N-dealkylation sites (tertiary alicyclic amines) is 1. The molecular formula is C17H25N3O2S. The van der Waals surface area contributed by atoms with Gasteiger partial charge in [-0.05, 0) is 49.9 Å². The number of hydrogen-bond acceptors (Lipinski definition) is 4. The average molecular weight is 335 g/mol. The molecule has 1 aromatic rings. The van der Waals surface area contributed by atoms with E-state index < -0.39 is 0 Å². The van der Waals surface area contributed by atoms with Crippen LogP contribution < -0.4 is 5.73 Å². The topological polar surface area (TPSA) is 66.6 Å². The van der Waals surface area contributed by atoms with Crippen LogP contribution in [-0.4, -0.2) is 54.6 Å². The lowest BCUT2D eigenvalue weighted by Crippen LogP contribution is -2.43. The lowest BCUT2D eigenvalue weighted by molar-refractivity contribution is -0.132. The summed E-state index contributed by atoms with van der Waals surface area (Å²) in [7, 11) is 1.84. The Morgan fingerprint density at radius 3 is 2.65 bits per heavy atom. The Kier molecular flexibility index (Phi) is 6.47. The third-order valence-electron chi connectivity index (χ3n) is 4.33. The second-order valence-corrected chi connectivity index (χ2v) is 6.93. The molecule has 0 spiro atoms. The number of benzene rings is 1. The van der Waals surface area contributed by atoms with E-state index in [9.17, 15) is 9.59 Å². The number of piperidine rings is 1. The SMILES string of the molecule is CSc1cccc(CN(C)C(=O)CN2CCC(C(N)=O)CC2)c1. The molecule has 1 saturated heterocycles. The molecule has 23 heavy (non-hydrogen) atoms. The van der Waals surface area contributed by atoms with Crippen molar-refractivity contribution < 1.29 is 9.59 Å². The summed E-state index contributed by atoms with van der Waals surface area (Å²) in [6.07, 6.45) is 3.55. The van der Waals surface area contributed by atoms with Crippen LogP contribution in [0, 0.1) is 5.92 Å². The molecule has 1 aliphatic heterocycles. The van der Waals surface area contributed by atoms with Crippen LogP contribution in [0.15, 0.2) is 29.2 Å². The highest BCUT2D eigenvalue weighted by atomic mass is 32.2. The highest BCUT2D eigenvalue weighted by Crippen LogP contribution is 2.18. The molecule has 5 nitrogen and oxygen atoms in total. The summed E-state index contributed by atoms with van der Waals surface area (Å²) in [5.41, 5.74) is 6.48. The minimum atomic E-state index is -0.221. The van der Waals surface area contributed by atoms with Crippen LogP contribution in [0.4, 0.5) is 0 Å². The summed E-state index contributed by atoms with van der Waals surface area (Å²) in [4.78, 5) is 28.6. The summed E-state index contributed by atoms with van der Waals surface area (Å²) in [6.45, 7) is 2.54. The first kappa shape index (κ1) is 17.8. The molecule has 2 N–H and O–H groups in total. The normalized spacial score (nSPS) is 16.3. The molecule has 0 radical (unpaired) electrons. The van der Waals surface area contributed by atoms with Crippen LogP contribution in [0.2, 0.25) is 0 Å². The number of carbonyl (C=O) groups excluding carboxylic acids is 2. The Hall–Kier alpha value is -1.53. The van der Waals surface area contributed by atoms with Gasteiger partial charge in [0.1, 0.15) is 0 Å². The number of primary amides is 1. The number of nitrogens with zero attached hydrogens (tertiary/aromatic N) is 2. The van der Waals surface area contributed by atoms with Crippen molar-refractivity contribution in [3.8, 4) is 0 Å². The average Bonchev–Trinajstić information content (AvgIpc) is 2.55. The van der Waals surface area contributed by atoms with E-state index in [-0.39, 0.29) is 17.7 Å². The van der Waals surface area contributed by atoms with E-state index in [2.05, 4.69) is 17.0 Å². The standard InChI is InChI=1S/C17H25N3O2S/c1-19(11-13-4-3-5-15(10-13)23-2)16(21)12-20-8-6-14(7-9-20)17(18)22/h3-5,10,14H,6-9,11-12H2,1-2H3,(H2,18,22). The second-order valence-electron chi connectivity index (χ2n) is 6.05. The highest BCUT2D eigenvalue weighted by molar-refractivity contribution is 7.98. The minimum Gasteiger partial charge on any atom is -0.369 e. The van der Waals surface area contributed by atoms with Crippen LogP contribution in [0.3, 0.4) is 0 Å².